The van der Waals surface area contributed by atoms with Crippen LogP contribution in [0.2, 0.25) is 0 Å². The summed E-state index contributed by atoms with van der Waals surface area (Å²) >= 11 is 0. The van der Waals surface area contributed by atoms with Crippen LogP contribution in [0, 0.1) is 16.0 Å². The van der Waals surface area contributed by atoms with Crippen LogP contribution < -0.4 is 15.8 Å². The van der Waals surface area contributed by atoms with Crippen LogP contribution in [0.1, 0.15) is 20.3 Å². The molecule has 0 fully saturated rings. The van der Waals surface area contributed by atoms with Crippen molar-refractivity contribution in [1.82, 2.24) is 5.32 Å². The van der Waals surface area contributed by atoms with Gasteiger partial charge in [-0.2, -0.15) is 0 Å². The van der Waals surface area contributed by atoms with Crippen LogP contribution in [0.4, 0.5) is 5.69 Å². The molecule has 8 heteroatoms. The number of halogens is 1. The molecule has 0 radical (unpaired) electrons. The van der Waals surface area contributed by atoms with Crippen molar-refractivity contribution in [3.8, 4) is 5.75 Å². The van der Waals surface area contributed by atoms with Gasteiger partial charge >= 0.3 is 0 Å². The summed E-state index contributed by atoms with van der Waals surface area (Å²) in [5, 5.41) is 13.3. The van der Waals surface area contributed by atoms with Crippen LogP contribution in [0.5, 0.6) is 5.75 Å². The van der Waals surface area contributed by atoms with E-state index in [2.05, 4.69) is 19.2 Å². The standard InChI is InChI=1S/C14H21N3O4.ClH/c1-10(2)7-11(8-15)16-14(18)9-21-13-5-3-12(4-6-13)17(19)20;/h3-6,10-11H,7-9,15H2,1-2H3,(H,16,18);1H. The predicted octanol–water partition coefficient (Wildman–Crippen LogP) is 1.88. The Kier molecular flexibility index (Phi) is 9.12. The number of amides is 1. The first kappa shape index (κ1) is 20.1. The first-order valence-electron chi connectivity index (χ1n) is 6.79. The molecule has 7 nitrogen and oxygen atoms in total. The Morgan fingerprint density at radius 1 is 1.36 bits per heavy atom. The Balaban J connectivity index is 0.00000441. The van der Waals surface area contributed by atoms with Crippen LogP contribution in [-0.4, -0.2) is 30.0 Å². The Bertz CT molecular complexity index is 479. The molecule has 1 aromatic carbocycles. The van der Waals surface area contributed by atoms with E-state index < -0.39 is 4.92 Å². The topological polar surface area (TPSA) is 107 Å². The number of benzene rings is 1. The van der Waals surface area contributed by atoms with Gasteiger partial charge in [0.25, 0.3) is 11.6 Å². The van der Waals surface area contributed by atoms with Gasteiger partial charge in [-0.1, -0.05) is 13.8 Å². The van der Waals surface area contributed by atoms with Crippen molar-refractivity contribution < 1.29 is 14.5 Å². The third-order valence-electron chi connectivity index (χ3n) is 2.82. The summed E-state index contributed by atoms with van der Waals surface area (Å²) in [7, 11) is 0. The van der Waals surface area contributed by atoms with E-state index in [1.807, 2.05) is 0 Å². The second-order valence-corrected chi connectivity index (χ2v) is 5.17. The van der Waals surface area contributed by atoms with Crippen LogP contribution in [0.25, 0.3) is 0 Å². The van der Waals surface area contributed by atoms with E-state index in [1.165, 1.54) is 24.3 Å². The normalized spacial score (nSPS) is 11.5. The van der Waals surface area contributed by atoms with E-state index in [9.17, 15) is 14.9 Å². The van der Waals surface area contributed by atoms with Crippen molar-refractivity contribution in [2.45, 2.75) is 26.3 Å². The highest BCUT2D eigenvalue weighted by atomic mass is 35.5. The first-order valence-corrected chi connectivity index (χ1v) is 6.79. The van der Waals surface area contributed by atoms with Gasteiger partial charge in [-0.25, -0.2) is 0 Å². The van der Waals surface area contributed by atoms with Gasteiger partial charge in [-0.3, -0.25) is 14.9 Å². The molecule has 0 heterocycles. The zero-order valence-electron chi connectivity index (χ0n) is 12.7. The molecule has 0 aromatic heterocycles. The highest BCUT2D eigenvalue weighted by Gasteiger charge is 2.13. The molecule has 0 spiro atoms. The van der Waals surface area contributed by atoms with Crippen LogP contribution in [0.15, 0.2) is 24.3 Å². The molecule has 0 saturated heterocycles. The lowest BCUT2D eigenvalue weighted by Crippen LogP contribution is -2.43. The molecule has 22 heavy (non-hydrogen) atoms. The lowest BCUT2D eigenvalue weighted by molar-refractivity contribution is -0.384. The Labute approximate surface area is 135 Å². The number of ether oxygens (including phenoxy) is 1. The summed E-state index contributed by atoms with van der Waals surface area (Å²) in [5.41, 5.74) is 5.58. The van der Waals surface area contributed by atoms with E-state index in [-0.39, 0.29) is 36.7 Å². The van der Waals surface area contributed by atoms with Gasteiger partial charge in [-0.15, -0.1) is 12.4 Å². The molecule has 0 aliphatic carbocycles. The molecule has 1 atom stereocenters. The fraction of sp³-hybridized carbons (Fsp3) is 0.500. The van der Waals surface area contributed by atoms with Crippen LogP contribution >= 0.6 is 12.4 Å². The van der Waals surface area contributed by atoms with Gasteiger partial charge in [-0.05, 0) is 24.5 Å². The lowest BCUT2D eigenvalue weighted by atomic mass is 10.0. The molecule has 0 saturated carbocycles. The Morgan fingerprint density at radius 2 is 1.95 bits per heavy atom. The van der Waals surface area contributed by atoms with E-state index >= 15 is 0 Å². The maximum absolute atomic E-state index is 11.7. The van der Waals surface area contributed by atoms with Gasteiger partial charge in [0.05, 0.1) is 4.92 Å². The zero-order valence-corrected chi connectivity index (χ0v) is 13.5. The Hall–Kier alpha value is -1.86. The maximum Gasteiger partial charge on any atom is 0.269 e. The number of nitro benzene ring substituents is 1. The van der Waals surface area contributed by atoms with E-state index in [4.69, 9.17) is 10.5 Å². The van der Waals surface area contributed by atoms with E-state index in [0.29, 0.717) is 18.2 Å². The SMILES string of the molecule is CC(C)CC(CN)NC(=O)COc1ccc([N+](=O)[O-])cc1.Cl. The number of nitrogens with one attached hydrogen (secondary N) is 1. The summed E-state index contributed by atoms with van der Waals surface area (Å²) in [5.74, 6) is 0.586. The largest absolute Gasteiger partial charge is 0.484 e. The number of hydrogen-bond acceptors (Lipinski definition) is 5. The highest BCUT2D eigenvalue weighted by molar-refractivity contribution is 5.85. The van der Waals surface area contributed by atoms with Crippen molar-refractivity contribution in [2.75, 3.05) is 13.2 Å². The summed E-state index contributed by atoms with van der Waals surface area (Å²) < 4.78 is 5.28. The molecule has 1 unspecified atom stereocenters. The van der Waals surface area contributed by atoms with Crippen LogP contribution in [0.3, 0.4) is 0 Å². The number of non-ortho nitro benzene ring substituents is 1. The summed E-state index contributed by atoms with van der Waals surface area (Å²) in [6.45, 7) is 4.35. The molecule has 0 aliphatic heterocycles. The molecular weight excluding hydrogens is 310 g/mol. The smallest absolute Gasteiger partial charge is 0.269 e. The molecule has 1 aromatic rings. The first-order chi connectivity index (χ1) is 9.92. The number of nitrogens with two attached hydrogens (primary N) is 1. The molecular formula is C14H22ClN3O4. The van der Waals surface area contributed by atoms with Crippen LogP contribution in [-0.2, 0) is 4.79 Å². The minimum atomic E-state index is -0.492. The third kappa shape index (κ3) is 7.24. The fourth-order valence-electron chi connectivity index (χ4n) is 1.87. The monoisotopic (exact) mass is 331 g/mol. The lowest BCUT2D eigenvalue weighted by Gasteiger charge is -2.18. The molecule has 1 rings (SSSR count). The predicted molar refractivity (Wildman–Crippen MR) is 86.3 cm³/mol. The summed E-state index contributed by atoms with van der Waals surface area (Å²) in [4.78, 5) is 21.8. The minimum Gasteiger partial charge on any atom is -0.484 e. The molecule has 0 aliphatic rings. The van der Waals surface area contributed by atoms with Gasteiger partial charge in [0, 0.05) is 24.7 Å². The number of rotatable bonds is 8. The van der Waals surface area contributed by atoms with Gasteiger partial charge < -0.3 is 15.8 Å². The van der Waals surface area contributed by atoms with Crippen molar-refractivity contribution >= 4 is 24.0 Å². The number of carbonyl (C=O) groups excluding carboxylic acids is 1. The number of carbonyl (C=O) groups is 1. The van der Waals surface area contributed by atoms with E-state index in [1.54, 1.807) is 0 Å². The minimum absolute atomic E-state index is 0. The Morgan fingerprint density at radius 3 is 2.41 bits per heavy atom. The molecule has 3 N–H and O–H groups in total. The second kappa shape index (κ2) is 9.97. The quantitative estimate of drug-likeness (QED) is 0.558. The fourth-order valence-corrected chi connectivity index (χ4v) is 1.87. The van der Waals surface area contributed by atoms with Crippen molar-refractivity contribution in [2.24, 2.45) is 11.7 Å². The molecule has 1 amide bonds. The number of nitrogens with zero attached hydrogens (tertiary/aromatic N) is 1. The van der Waals surface area contributed by atoms with Gasteiger partial charge in [0.2, 0.25) is 0 Å². The second-order valence-electron chi connectivity index (χ2n) is 5.17. The van der Waals surface area contributed by atoms with Gasteiger partial charge in [0.15, 0.2) is 6.61 Å². The summed E-state index contributed by atoms with van der Waals surface area (Å²) in [6.07, 6.45) is 0.805. The maximum atomic E-state index is 11.7. The van der Waals surface area contributed by atoms with Crippen molar-refractivity contribution in [3.05, 3.63) is 34.4 Å². The average molecular weight is 332 g/mol. The number of hydrogen-bond donors (Lipinski definition) is 2. The van der Waals surface area contributed by atoms with Gasteiger partial charge in [0.1, 0.15) is 5.75 Å². The number of nitro groups is 1. The summed E-state index contributed by atoms with van der Waals surface area (Å²) in [6, 6.07) is 5.50. The van der Waals surface area contributed by atoms with E-state index in [0.717, 1.165) is 6.42 Å². The van der Waals surface area contributed by atoms with Crippen molar-refractivity contribution in [1.29, 1.82) is 0 Å². The third-order valence-corrected chi connectivity index (χ3v) is 2.82. The van der Waals surface area contributed by atoms with Crippen molar-refractivity contribution in [3.63, 3.8) is 0 Å². The molecule has 124 valence electrons. The average Bonchev–Trinajstić information content (AvgIpc) is 2.44. The highest BCUT2D eigenvalue weighted by Crippen LogP contribution is 2.17. The molecule has 0 bridgehead atoms. The zero-order chi connectivity index (χ0) is 15.8.